The van der Waals surface area contributed by atoms with Crippen LogP contribution in [0, 0.1) is 5.92 Å². The maximum absolute atomic E-state index is 12.7. The first-order valence-electron chi connectivity index (χ1n) is 9.93. The van der Waals surface area contributed by atoms with E-state index in [9.17, 15) is 9.59 Å². The van der Waals surface area contributed by atoms with E-state index in [0.29, 0.717) is 17.3 Å². The predicted octanol–water partition coefficient (Wildman–Crippen LogP) is 3.24. The van der Waals surface area contributed by atoms with Crippen molar-refractivity contribution in [3.63, 3.8) is 0 Å². The van der Waals surface area contributed by atoms with Gasteiger partial charge in [0.15, 0.2) is 17.3 Å². The van der Waals surface area contributed by atoms with Crippen LogP contribution in [0.15, 0.2) is 40.8 Å². The van der Waals surface area contributed by atoms with Crippen molar-refractivity contribution in [2.24, 2.45) is 5.92 Å². The smallest absolute Gasteiger partial charge is 0.287 e. The highest BCUT2D eigenvalue weighted by Crippen LogP contribution is 2.27. The Morgan fingerprint density at radius 3 is 2.45 bits per heavy atom. The van der Waals surface area contributed by atoms with E-state index in [-0.39, 0.29) is 24.2 Å². The first kappa shape index (κ1) is 20.8. The number of rotatable bonds is 8. The fourth-order valence-corrected chi connectivity index (χ4v) is 3.32. The molecule has 2 heterocycles. The Morgan fingerprint density at radius 1 is 1.10 bits per heavy atom. The third-order valence-corrected chi connectivity index (χ3v) is 4.96. The van der Waals surface area contributed by atoms with E-state index in [1.54, 1.807) is 31.4 Å². The molecule has 3 rings (SSSR count). The second kappa shape index (κ2) is 9.49. The number of hydrogen-bond donors (Lipinski definition) is 1. The largest absolute Gasteiger partial charge is 0.493 e. The standard InChI is InChI=1S/C22H28N2O5/c1-15(2)20(22(26)24-12-6-7-13-24)23-21(25)19-11-10-16(29-19)14-28-18-9-5-4-8-17(18)27-3/h4-5,8-11,15,20H,6-7,12-14H2,1-3H3,(H,23,25)/t20-/m0/s1. The Bertz CT molecular complexity index is 839. The normalized spacial score (nSPS) is 14.7. The molecule has 0 aliphatic carbocycles. The highest BCUT2D eigenvalue weighted by molar-refractivity contribution is 5.95. The van der Waals surface area contributed by atoms with Crippen molar-refractivity contribution in [3.8, 4) is 11.5 Å². The minimum atomic E-state index is -0.570. The van der Waals surface area contributed by atoms with Gasteiger partial charge in [-0.2, -0.15) is 0 Å². The molecule has 29 heavy (non-hydrogen) atoms. The van der Waals surface area contributed by atoms with Gasteiger partial charge in [0.05, 0.1) is 7.11 Å². The molecule has 0 bridgehead atoms. The Labute approximate surface area is 171 Å². The van der Waals surface area contributed by atoms with Gasteiger partial charge in [0, 0.05) is 13.1 Å². The Hall–Kier alpha value is -2.96. The van der Waals surface area contributed by atoms with Crippen LogP contribution < -0.4 is 14.8 Å². The molecule has 7 heteroatoms. The number of carbonyl (C=O) groups excluding carboxylic acids is 2. The van der Waals surface area contributed by atoms with Crippen molar-refractivity contribution in [1.29, 1.82) is 0 Å². The molecule has 0 saturated carbocycles. The quantitative estimate of drug-likeness (QED) is 0.736. The number of likely N-dealkylation sites (tertiary alicyclic amines) is 1. The van der Waals surface area contributed by atoms with Gasteiger partial charge < -0.3 is 24.1 Å². The maximum atomic E-state index is 12.7. The molecule has 2 amide bonds. The van der Waals surface area contributed by atoms with Crippen molar-refractivity contribution in [2.45, 2.75) is 39.3 Å². The Kier molecular flexibility index (Phi) is 6.80. The molecule has 1 atom stereocenters. The Morgan fingerprint density at radius 2 is 1.79 bits per heavy atom. The summed E-state index contributed by atoms with van der Waals surface area (Å²) in [5.41, 5.74) is 0. The summed E-state index contributed by atoms with van der Waals surface area (Å²) < 4.78 is 16.6. The molecule has 1 aromatic carbocycles. The summed E-state index contributed by atoms with van der Waals surface area (Å²) >= 11 is 0. The van der Waals surface area contributed by atoms with Crippen LogP contribution in [0.3, 0.4) is 0 Å². The molecule has 1 aliphatic heterocycles. The molecule has 2 aromatic rings. The zero-order chi connectivity index (χ0) is 20.8. The molecule has 1 N–H and O–H groups in total. The van der Waals surface area contributed by atoms with Crippen molar-refractivity contribution in [1.82, 2.24) is 10.2 Å². The maximum Gasteiger partial charge on any atom is 0.287 e. The lowest BCUT2D eigenvalue weighted by molar-refractivity contribution is -0.133. The van der Waals surface area contributed by atoms with Crippen LogP contribution in [0.2, 0.25) is 0 Å². The second-order valence-corrected chi connectivity index (χ2v) is 7.43. The van der Waals surface area contributed by atoms with E-state index < -0.39 is 11.9 Å². The lowest BCUT2D eigenvalue weighted by atomic mass is 10.0. The number of para-hydroxylation sites is 2. The first-order chi connectivity index (χ1) is 14.0. The molecule has 0 spiro atoms. The number of nitrogens with zero attached hydrogens (tertiary/aromatic N) is 1. The van der Waals surface area contributed by atoms with Crippen LogP contribution in [0.5, 0.6) is 11.5 Å². The second-order valence-electron chi connectivity index (χ2n) is 7.43. The van der Waals surface area contributed by atoms with Crippen molar-refractivity contribution >= 4 is 11.8 Å². The lowest BCUT2D eigenvalue weighted by Gasteiger charge is -2.26. The van der Waals surface area contributed by atoms with Crippen molar-refractivity contribution in [2.75, 3.05) is 20.2 Å². The third-order valence-electron chi connectivity index (χ3n) is 4.96. The van der Waals surface area contributed by atoms with E-state index in [1.165, 1.54) is 0 Å². The predicted molar refractivity (Wildman–Crippen MR) is 108 cm³/mol. The van der Waals surface area contributed by atoms with Crippen molar-refractivity contribution < 1.29 is 23.5 Å². The summed E-state index contributed by atoms with van der Waals surface area (Å²) in [6, 6.07) is 10.0. The fourth-order valence-electron chi connectivity index (χ4n) is 3.32. The fraction of sp³-hybridized carbons (Fsp3) is 0.455. The number of carbonyl (C=O) groups is 2. The molecule has 1 aliphatic rings. The van der Waals surface area contributed by atoms with Crippen LogP contribution >= 0.6 is 0 Å². The summed E-state index contributed by atoms with van der Waals surface area (Å²) in [5.74, 6) is 1.43. The van der Waals surface area contributed by atoms with Crippen LogP contribution in [0.1, 0.15) is 43.0 Å². The van der Waals surface area contributed by atoms with Crippen LogP contribution in [0.4, 0.5) is 0 Å². The van der Waals surface area contributed by atoms with Crippen LogP contribution in [-0.2, 0) is 11.4 Å². The monoisotopic (exact) mass is 400 g/mol. The number of benzene rings is 1. The molecule has 7 nitrogen and oxygen atoms in total. The summed E-state index contributed by atoms with van der Waals surface area (Å²) in [6.45, 7) is 5.52. The summed E-state index contributed by atoms with van der Waals surface area (Å²) in [4.78, 5) is 27.2. The molecular weight excluding hydrogens is 372 g/mol. The zero-order valence-corrected chi connectivity index (χ0v) is 17.1. The van der Waals surface area contributed by atoms with Gasteiger partial charge in [-0.1, -0.05) is 26.0 Å². The number of ether oxygens (including phenoxy) is 2. The van der Waals surface area contributed by atoms with Gasteiger partial charge in [-0.05, 0) is 43.0 Å². The van der Waals surface area contributed by atoms with E-state index >= 15 is 0 Å². The summed E-state index contributed by atoms with van der Waals surface area (Å²) in [6.07, 6.45) is 2.02. The number of hydrogen-bond acceptors (Lipinski definition) is 5. The third kappa shape index (κ3) is 5.10. The van der Waals surface area contributed by atoms with Gasteiger partial charge in [0.1, 0.15) is 18.4 Å². The number of methoxy groups -OCH3 is 1. The molecular formula is C22H28N2O5. The van der Waals surface area contributed by atoms with Gasteiger partial charge >= 0.3 is 0 Å². The van der Waals surface area contributed by atoms with E-state index in [2.05, 4.69) is 5.32 Å². The molecule has 156 valence electrons. The molecule has 0 radical (unpaired) electrons. The van der Waals surface area contributed by atoms with Gasteiger partial charge in [-0.15, -0.1) is 0 Å². The highest BCUT2D eigenvalue weighted by Gasteiger charge is 2.30. The van der Waals surface area contributed by atoms with Crippen molar-refractivity contribution in [3.05, 3.63) is 47.9 Å². The minimum Gasteiger partial charge on any atom is -0.493 e. The first-order valence-corrected chi connectivity index (χ1v) is 9.93. The molecule has 1 saturated heterocycles. The molecule has 1 fully saturated rings. The average Bonchev–Trinajstić information content (AvgIpc) is 3.42. The van der Waals surface area contributed by atoms with Crippen LogP contribution in [-0.4, -0.2) is 43.0 Å². The van der Waals surface area contributed by atoms with E-state index in [1.807, 2.05) is 30.9 Å². The van der Waals surface area contributed by atoms with Gasteiger partial charge in [0.25, 0.3) is 5.91 Å². The average molecular weight is 400 g/mol. The lowest BCUT2D eigenvalue weighted by Crippen LogP contribution is -2.50. The number of nitrogens with one attached hydrogen (secondary N) is 1. The van der Waals surface area contributed by atoms with E-state index in [4.69, 9.17) is 13.9 Å². The zero-order valence-electron chi connectivity index (χ0n) is 17.1. The highest BCUT2D eigenvalue weighted by atomic mass is 16.5. The van der Waals surface area contributed by atoms with Gasteiger partial charge in [-0.25, -0.2) is 0 Å². The van der Waals surface area contributed by atoms with Gasteiger partial charge in [-0.3, -0.25) is 9.59 Å². The molecule has 1 aromatic heterocycles. The van der Waals surface area contributed by atoms with Crippen LogP contribution in [0.25, 0.3) is 0 Å². The SMILES string of the molecule is COc1ccccc1OCc1ccc(C(=O)N[C@H](C(=O)N2CCCC2)C(C)C)o1. The van der Waals surface area contributed by atoms with Gasteiger partial charge in [0.2, 0.25) is 5.91 Å². The topological polar surface area (TPSA) is 81.0 Å². The minimum absolute atomic E-state index is 0.0182. The number of furan rings is 1. The number of amides is 2. The molecule has 0 unspecified atom stereocenters. The Balaban J connectivity index is 1.61. The van der Waals surface area contributed by atoms with E-state index in [0.717, 1.165) is 25.9 Å². The summed E-state index contributed by atoms with van der Waals surface area (Å²) in [5, 5.41) is 2.83. The summed E-state index contributed by atoms with van der Waals surface area (Å²) in [7, 11) is 1.58.